The molecule has 1 saturated heterocycles. The summed E-state index contributed by atoms with van der Waals surface area (Å²) in [5.41, 5.74) is 5.25. The van der Waals surface area contributed by atoms with Gasteiger partial charge in [0.05, 0.1) is 6.42 Å². The number of nitrogens with two attached hydrogens (primary N) is 1. The van der Waals surface area contributed by atoms with Crippen molar-refractivity contribution >= 4 is 5.97 Å². The first-order valence-electron chi connectivity index (χ1n) is 4.80. The first-order chi connectivity index (χ1) is 6.22. The van der Waals surface area contributed by atoms with Crippen molar-refractivity contribution in [1.29, 1.82) is 0 Å². The van der Waals surface area contributed by atoms with Crippen LogP contribution in [0.2, 0.25) is 0 Å². The van der Waals surface area contributed by atoms with Crippen molar-refractivity contribution in [2.75, 3.05) is 26.7 Å². The molecule has 0 radical (unpaired) electrons. The summed E-state index contributed by atoms with van der Waals surface area (Å²) in [7, 11) is 2.08. The minimum absolute atomic E-state index is 0.121. The summed E-state index contributed by atoms with van der Waals surface area (Å²) in [5, 5.41) is 0. The number of nitrogens with zero attached hydrogens (tertiary/aromatic N) is 1. The second-order valence-electron chi connectivity index (χ2n) is 3.53. The van der Waals surface area contributed by atoms with Crippen LogP contribution in [-0.2, 0) is 9.53 Å². The van der Waals surface area contributed by atoms with E-state index in [1.54, 1.807) is 0 Å². The maximum Gasteiger partial charge on any atom is 0.307 e. The molecule has 0 aromatic heterocycles. The molecule has 4 nitrogen and oxygen atoms in total. The summed E-state index contributed by atoms with van der Waals surface area (Å²) >= 11 is 0. The van der Waals surface area contributed by atoms with Crippen LogP contribution in [0.5, 0.6) is 0 Å². The van der Waals surface area contributed by atoms with Gasteiger partial charge in [0.25, 0.3) is 0 Å². The molecule has 76 valence electrons. The van der Waals surface area contributed by atoms with Gasteiger partial charge in [-0.2, -0.15) is 0 Å². The van der Waals surface area contributed by atoms with Gasteiger partial charge < -0.3 is 15.4 Å². The minimum atomic E-state index is -0.156. The Hall–Kier alpha value is -0.610. The van der Waals surface area contributed by atoms with Crippen LogP contribution in [0.3, 0.4) is 0 Å². The van der Waals surface area contributed by atoms with Gasteiger partial charge in [-0.15, -0.1) is 0 Å². The van der Waals surface area contributed by atoms with E-state index < -0.39 is 0 Å². The Balaban J connectivity index is 2.18. The zero-order valence-electron chi connectivity index (χ0n) is 8.16. The topological polar surface area (TPSA) is 55.6 Å². The lowest BCUT2D eigenvalue weighted by Gasteiger charge is -2.28. The zero-order valence-corrected chi connectivity index (χ0v) is 8.16. The highest BCUT2D eigenvalue weighted by atomic mass is 16.5. The third-order valence-corrected chi connectivity index (χ3v) is 2.31. The molecule has 1 heterocycles. The number of ether oxygens (including phenoxy) is 1. The SMILES string of the molecule is CN1CCC(OC(=O)CCN)CC1. The fourth-order valence-electron chi connectivity index (χ4n) is 1.47. The summed E-state index contributed by atoms with van der Waals surface area (Å²) in [6, 6.07) is 0. The standard InChI is InChI=1S/C9H18N2O2/c1-11-6-3-8(4-7-11)13-9(12)2-5-10/h8H,2-7,10H2,1H3. The number of likely N-dealkylation sites (tertiary alicyclic amines) is 1. The average Bonchev–Trinajstić information content (AvgIpc) is 2.09. The van der Waals surface area contributed by atoms with Crippen molar-refractivity contribution in [2.24, 2.45) is 5.73 Å². The zero-order chi connectivity index (χ0) is 9.68. The maximum atomic E-state index is 11.1. The molecule has 0 aromatic rings. The molecule has 4 heteroatoms. The highest BCUT2D eigenvalue weighted by molar-refractivity contribution is 5.69. The molecule has 1 rings (SSSR count). The van der Waals surface area contributed by atoms with Crippen LogP contribution in [0.1, 0.15) is 19.3 Å². The van der Waals surface area contributed by atoms with E-state index in [2.05, 4.69) is 11.9 Å². The van der Waals surface area contributed by atoms with Crippen molar-refractivity contribution in [3.63, 3.8) is 0 Å². The fraction of sp³-hybridized carbons (Fsp3) is 0.889. The molecule has 0 aromatic carbocycles. The number of hydrogen-bond acceptors (Lipinski definition) is 4. The normalized spacial score (nSPS) is 20.2. The smallest absolute Gasteiger partial charge is 0.307 e. The number of carbonyl (C=O) groups excluding carboxylic acids is 1. The largest absolute Gasteiger partial charge is 0.462 e. The van der Waals surface area contributed by atoms with Crippen LogP contribution in [0.15, 0.2) is 0 Å². The quantitative estimate of drug-likeness (QED) is 0.629. The van der Waals surface area contributed by atoms with E-state index in [0.717, 1.165) is 25.9 Å². The van der Waals surface area contributed by atoms with Gasteiger partial charge in [-0.25, -0.2) is 0 Å². The van der Waals surface area contributed by atoms with E-state index in [1.165, 1.54) is 0 Å². The predicted octanol–water partition coefficient (Wildman–Crippen LogP) is -0.0274. The first-order valence-corrected chi connectivity index (χ1v) is 4.80. The van der Waals surface area contributed by atoms with Crippen LogP contribution in [0.4, 0.5) is 0 Å². The van der Waals surface area contributed by atoms with Crippen molar-refractivity contribution in [3.05, 3.63) is 0 Å². The summed E-state index contributed by atoms with van der Waals surface area (Å²) in [6.07, 6.45) is 2.36. The lowest BCUT2D eigenvalue weighted by atomic mass is 10.1. The molecule has 1 fully saturated rings. The number of rotatable bonds is 3. The lowest BCUT2D eigenvalue weighted by Crippen LogP contribution is -2.35. The first kappa shape index (κ1) is 10.5. The van der Waals surface area contributed by atoms with Crippen LogP contribution in [0.25, 0.3) is 0 Å². The molecule has 2 N–H and O–H groups in total. The molecule has 0 aliphatic carbocycles. The summed E-state index contributed by atoms with van der Waals surface area (Å²) < 4.78 is 5.23. The molecule has 1 aliphatic heterocycles. The highest BCUT2D eigenvalue weighted by Gasteiger charge is 2.19. The third kappa shape index (κ3) is 3.74. The Bertz CT molecular complexity index is 165. The van der Waals surface area contributed by atoms with Gasteiger partial charge in [-0.3, -0.25) is 4.79 Å². The summed E-state index contributed by atoms with van der Waals surface area (Å²) in [4.78, 5) is 13.3. The summed E-state index contributed by atoms with van der Waals surface area (Å²) in [5.74, 6) is -0.156. The molecule has 0 bridgehead atoms. The van der Waals surface area contributed by atoms with Crippen LogP contribution in [-0.4, -0.2) is 43.7 Å². The average molecular weight is 186 g/mol. The van der Waals surface area contributed by atoms with E-state index in [4.69, 9.17) is 10.5 Å². The van der Waals surface area contributed by atoms with Crippen LogP contribution >= 0.6 is 0 Å². The van der Waals surface area contributed by atoms with Crippen LogP contribution in [0, 0.1) is 0 Å². The number of esters is 1. The maximum absolute atomic E-state index is 11.1. The van der Waals surface area contributed by atoms with Gasteiger partial charge in [0.15, 0.2) is 0 Å². The predicted molar refractivity (Wildman–Crippen MR) is 50.3 cm³/mol. The van der Waals surface area contributed by atoms with Gasteiger partial charge in [0.2, 0.25) is 0 Å². The molecular formula is C9H18N2O2. The highest BCUT2D eigenvalue weighted by Crippen LogP contribution is 2.12. The number of piperidine rings is 1. The van der Waals surface area contributed by atoms with E-state index in [0.29, 0.717) is 13.0 Å². The molecule has 1 aliphatic rings. The van der Waals surface area contributed by atoms with Crippen LogP contribution < -0.4 is 5.73 Å². The molecule has 0 spiro atoms. The van der Waals surface area contributed by atoms with Gasteiger partial charge in [-0.05, 0) is 19.9 Å². The van der Waals surface area contributed by atoms with E-state index in [-0.39, 0.29) is 12.1 Å². The Labute approximate surface area is 79.0 Å². The van der Waals surface area contributed by atoms with Crippen molar-refractivity contribution in [1.82, 2.24) is 4.90 Å². The second-order valence-corrected chi connectivity index (χ2v) is 3.53. The van der Waals surface area contributed by atoms with Gasteiger partial charge >= 0.3 is 5.97 Å². The molecule has 0 unspecified atom stereocenters. The monoisotopic (exact) mass is 186 g/mol. The fourth-order valence-corrected chi connectivity index (χ4v) is 1.47. The van der Waals surface area contributed by atoms with Gasteiger partial charge in [0, 0.05) is 19.6 Å². The third-order valence-electron chi connectivity index (χ3n) is 2.31. The molecular weight excluding hydrogens is 168 g/mol. The number of carbonyl (C=O) groups is 1. The minimum Gasteiger partial charge on any atom is -0.462 e. The van der Waals surface area contributed by atoms with E-state index in [1.807, 2.05) is 0 Å². The Morgan fingerprint density at radius 1 is 1.54 bits per heavy atom. The van der Waals surface area contributed by atoms with E-state index >= 15 is 0 Å². The lowest BCUT2D eigenvalue weighted by molar-refractivity contribution is -0.150. The summed E-state index contributed by atoms with van der Waals surface area (Å²) in [6.45, 7) is 2.41. The molecule has 0 atom stereocenters. The molecule has 0 amide bonds. The Morgan fingerprint density at radius 3 is 2.69 bits per heavy atom. The van der Waals surface area contributed by atoms with E-state index in [9.17, 15) is 4.79 Å². The molecule has 0 saturated carbocycles. The van der Waals surface area contributed by atoms with Crippen molar-refractivity contribution in [3.8, 4) is 0 Å². The second kappa shape index (κ2) is 5.19. The van der Waals surface area contributed by atoms with Crippen molar-refractivity contribution < 1.29 is 9.53 Å². The van der Waals surface area contributed by atoms with Crippen molar-refractivity contribution in [2.45, 2.75) is 25.4 Å². The Kier molecular flexibility index (Phi) is 4.18. The van der Waals surface area contributed by atoms with Gasteiger partial charge in [0.1, 0.15) is 6.10 Å². The Morgan fingerprint density at radius 2 is 2.15 bits per heavy atom. The van der Waals surface area contributed by atoms with Gasteiger partial charge in [-0.1, -0.05) is 0 Å². The number of hydrogen-bond donors (Lipinski definition) is 1. The molecule has 13 heavy (non-hydrogen) atoms.